The molecule has 0 aliphatic carbocycles. The van der Waals surface area contributed by atoms with Gasteiger partial charge in [0.2, 0.25) is 0 Å². The van der Waals surface area contributed by atoms with E-state index in [4.69, 9.17) is 10.5 Å². The van der Waals surface area contributed by atoms with Crippen molar-refractivity contribution in [2.75, 3.05) is 36.6 Å². The molecule has 0 atom stereocenters. The predicted molar refractivity (Wildman–Crippen MR) is 80.8 cm³/mol. The van der Waals surface area contributed by atoms with Crippen LogP contribution in [0, 0.1) is 0 Å². The van der Waals surface area contributed by atoms with E-state index in [-0.39, 0.29) is 4.90 Å². The van der Waals surface area contributed by atoms with Gasteiger partial charge in [-0.15, -0.1) is 0 Å². The van der Waals surface area contributed by atoms with Crippen molar-refractivity contribution in [2.45, 2.75) is 30.8 Å². The Bertz CT molecular complexity index is 564. The van der Waals surface area contributed by atoms with E-state index in [0.717, 1.165) is 38.2 Å². The van der Waals surface area contributed by atoms with Crippen molar-refractivity contribution in [1.29, 1.82) is 0 Å². The van der Waals surface area contributed by atoms with E-state index in [0.29, 0.717) is 11.8 Å². The van der Waals surface area contributed by atoms with Gasteiger partial charge in [0.05, 0.1) is 22.4 Å². The lowest BCUT2D eigenvalue weighted by Crippen LogP contribution is -2.37. The minimum Gasteiger partial charge on any atom is -0.396 e. The van der Waals surface area contributed by atoms with Crippen LogP contribution >= 0.6 is 0 Å². The summed E-state index contributed by atoms with van der Waals surface area (Å²) in [7, 11) is -3.29. The number of sulfone groups is 1. The van der Waals surface area contributed by atoms with Crippen LogP contribution in [-0.4, -0.2) is 40.5 Å². The van der Waals surface area contributed by atoms with Crippen LogP contribution in [0.3, 0.4) is 0 Å². The van der Waals surface area contributed by atoms with E-state index in [1.807, 2.05) is 13.0 Å². The molecule has 2 rings (SSSR count). The number of nitrogens with two attached hydrogens (primary N) is 1. The van der Waals surface area contributed by atoms with Gasteiger partial charge in [0.25, 0.3) is 0 Å². The number of hydrogen-bond donors (Lipinski definition) is 1. The zero-order chi connectivity index (χ0) is 14.8. The molecular formula is C14H22N2O3S. The molecule has 6 heteroatoms. The number of piperidine rings is 1. The molecule has 1 aliphatic rings. The highest BCUT2D eigenvalue weighted by molar-refractivity contribution is 7.90. The summed E-state index contributed by atoms with van der Waals surface area (Å²) in [6, 6.07) is 5.18. The first-order valence-corrected chi connectivity index (χ1v) is 8.77. The summed E-state index contributed by atoms with van der Waals surface area (Å²) in [4.78, 5) is 2.35. The molecule has 0 spiro atoms. The lowest BCUT2D eigenvalue weighted by molar-refractivity contribution is 0.0459. The summed E-state index contributed by atoms with van der Waals surface area (Å²) in [6.07, 6.45) is 3.37. The Labute approximate surface area is 120 Å². The quantitative estimate of drug-likeness (QED) is 0.856. The van der Waals surface area contributed by atoms with Gasteiger partial charge in [0, 0.05) is 26.0 Å². The molecule has 20 heavy (non-hydrogen) atoms. The molecule has 0 saturated carbocycles. The summed E-state index contributed by atoms with van der Waals surface area (Å²) in [6.45, 7) is 4.40. The Hall–Kier alpha value is -1.27. The highest BCUT2D eigenvalue weighted by atomic mass is 32.2. The van der Waals surface area contributed by atoms with Gasteiger partial charge in [-0.25, -0.2) is 8.42 Å². The van der Waals surface area contributed by atoms with E-state index >= 15 is 0 Å². The van der Waals surface area contributed by atoms with Crippen LogP contribution in [0.1, 0.15) is 19.8 Å². The van der Waals surface area contributed by atoms with Crippen LogP contribution in [0.2, 0.25) is 0 Å². The maximum absolute atomic E-state index is 11.7. The molecular weight excluding hydrogens is 276 g/mol. The highest BCUT2D eigenvalue weighted by Crippen LogP contribution is 2.31. The fourth-order valence-corrected chi connectivity index (χ4v) is 3.46. The highest BCUT2D eigenvalue weighted by Gasteiger charge is 2.23. The van der Waals surface area contributed by atoms with Gasteiger partial charge in [0.15, 0.2) is 9.84 Å². The molecule has 112 valence electrons. The van der Waals surface area contributed by atoms with Crippen LogP contribution in [-0.2, 0) is 14.6 Å². The monoisotopic (exact) mass is 298 g/mol. The first-order chi connectivity index (χ1) is 9.43. The molecule has 0 bridgehead atoms. The van der Waals surface area contributed by atoms with Gasteiger partial charge in [-0.2, -0.15) is 0 Å². The van der Waals surface area contributed by atoms with Gasteiger partial charge >= 0.3 is 0 Å². The molecule has 1 aliphatic heterocycles. The van der Waals surface area contributed by atoms with Gasteiger partial charge in [0.1, 0.15) is 0 Å². The zero-order valence-electron chi connectivity index (χ0n) is 12.0. The molecule has 1 saturated heterocycles. The maximum atomic E-state index is 11.7. The van der Waals surface area contributed by atoms with Crippen LogP contribution < -0.4 is 10.6 Å². The molecule has 1 aromatic carbocycles. The van der Waals surface area contributed by atoms with Crippen molar-refractivity contribution in [2.24, 2.45) is 0 Å². The van der Waals surface area contributed by atoms with Crippen molar-refractivity contribution in [1.82, 2.24) is 0 Å². The lowest BCUT2D eigenvalue weighted by atomic mass is 10.1. The SMILES string of the molecule is CCOC1CCN(c2cccc(S(C)(=O)=O)c2N)CC1. The van der Waals surface area contributed by atoms with Gasteiger partial charge in [-0.1, -0.05) is 6.07 Å². The molecule has 0 radical (unpaired) electrons. The van der Waals surface area contributed by atoms with Crippen molar-refractivity contribution in [3.63, 3.8) is 0 Å². The van der Waals surface area contributed by atoms with E-state index in [9.17, 15) is 8.42 Å². The third kappa shape index (κ3) is 3.24. The zero-order valence-corrected chi connectivity index (χ0v) is 12.8. The molecule has 0 aromatic heterocycles. The fourth-order valence-electron chi connectivity index (χ4n) is 2.63. The molecule has 0 unspecified atom stereocenters. The maximum Gasteiger partial charge on any atom is 0.177 e. The summed E-state index contributed by atoms with van der Waals surface area (Å²) in [5, 5.41) is 0. The molecule has 5 nitrogen and oxygen atoms in total. The number of anilines is 2. The van der Waals surface area contributed by atoms with Crippen LogP contribution in [0.5, 0.6) is 0 Å². The van der Waals surface area contributed by atoms with Crippen molar-refractivity contribution < 1.29 is 13.2 Å². The Kier molecular flexibility index (Phi) is 4.55. The Morgan fingerprint density at radius 3 is 2.55 bits per heavy atom. The smallest absolute Gasteiger partial charge is 0.177 e. The Morgan fingerprint density at radius 2 is 2.00 bits per heavy atom. The second-order valence-electron chi connectivity index (χ2n) is 5.10. The lowest BCUT2D eigenvalue weighted by Gasteiger charge is -2.34. The largest absolute Gasteiger partial charge is 0.396 e. The van der Waals surface area contributed by atoms with Crippen molar-refractivity contribution in [3.05, 3.63) is 18.2 Å². The summed E-state index contributed by atoms with van der Waals surface area (Å²) >= 11 is 0. The summed E-state index contributed by atoms with van der Waals surface area (Å²) in [5.74, 6) is 0. The van der Waals surface area contributed by atoms with Gasteiger partial charge < -0.3 is 15.4 Å². The summed E-state index contributed by atoms with van der Waals surface area (Å²) in [5.41, 5.74) is 7.20. The first-order valence-electron chi connectivity index (χ1n) is 6.88. The molecule has 0 amide bonds. The average Bonchev–Trinajstić information content (AvgIpc) is 2.39. The second kappa shape index (κ2) is 6.01. The number of rotatable bonds is 4. The number of nitrogens with zero attached hydrogens (tertiary/aromatic N) is 1. The Morgan fingerprint density at radius 1 is 1.35 bits per heavy atom. The minimum atomic E-state index is -3.29. The fraction of sp³-hybridized carbons (Fsp3) is 0.571. The molecule has 1 aromatic rings. The Balaban J connectivity index is 2.19. The normalized spacial score (nSPS) is 17.4. The minimum absolute atomic E-state index is 0.210. The summed E-state index contributed by atoms with van der Waals surface area (Å²) < 4.78 is 29.0. The van der Waals surface area contributed by atoms with Crippen molar-refractivity contribution >= 4 is 21.2 Å². The molecule has 1 fully saturated rings. The van der Waals surface area contributed by atoms with Crippen LogP contribution in [0.25, 0.3) is 0 Å². The van der Waals surface area contributed by atoms with E-state index in [2.05, 4.69) is 4.90 Å². The van der Waals surface area contributed by atoms with Gasteiger partial charge in [-0.3, -0.25) is 0 Å². The first kappa shape index (κ1) is 15.1. The number of para-hydroxylation sites is 1. The van der Waals surface area contributed by atoms with E-state index < -0.39 is 9.84 Å². The van der Waals surface area contributed by atoms with E-state index in [1.165, 1.54) is 6.26 Å². The average molecular weight is 298 g/mol. The number of ether oxygens (including phenoxy) is 1. The standard InChI is InChI=1S/C14H22N2O3S/c1-3-19-11-7-9-16(10-8-11)12-5-4-6-13(14(12)15)20(2,17)18/h4-6,11H,3,7-10,15H2,1-2H3. The van der Waals surface area contributed by atoms with Crippen LogP contribution in [0.4, 0.5) is 11.4 Å². The van der Waals surface area contributed by atoms with Crippen molar-refractivity contribution in [3.8, 4) is 0 Å². The molecule has 1 heterocycles. The second-order valence-corrected chi connectivity index (χ2v) is 7.09. The van der Waals surface area contributed by atoms with Gasteiger partial charge in [-0.05, 0) is 31.9 Å². The number of hydrogen-bond acceptors (Lipinski definition) is 5. The third-order valence-corrected chi connectivity index (χ3v) is 4.78. The predicted octanol–water partition coefficient (Wildman–Crippen LogP) is 1.68. The molecule has 2 N–H and O–H groups in total. The topological polar surface area (TPSA) is 72.6 Å². The third-order valence-electron chi connectivity index (χ3n) is 3.63. The van der Waals surface area contributed by atoms with Crippen LogP contribution in [0.15, 0.2) is 23.1 Å². The van der Waals surface area contributed by atoms with E-state index in [1.54, 1.807) is 12.1 Å². The number of benzene rings is 1. The number of nitrogen functional groups attached to an aromatic ring is 1.